The summed E-state index contributed by atoms with van der Waals surface area (Å²) in [6.45, 7) is 1.08. The monoisotopic (exact) mass is 268 g/mol. The second-order valence-electron chi connectivity index (χ2n) is 4.99. The van der Waals surface area contributed by atoms with Gasteiger partial charge in [0, 0.05) is 25.8 Å². The molecule has 0 aliphatic heterocycles. The van der Waals surface area contributed by atoms with E-state index in [0.717, 1.165) is 31.4 Å². The first kappa shape index (κ1) is 14.0. The van der Waals surface area contributed by atoms with Crippen molar-refractivity contribution in [1.82, 2.24) is 10.5 Å². The van der Waals surface area contributed by atoms with Crippen molar-refractivity contribution in [2.24, 2.45) is 5.92 Å². The molecule has 0 unspecified atom stereocenters. The fourth-order valence-corrected chi connectivity index (χ4v) is 2.44. The molecule has 1 fully saturated rings. The Labute approximate surface area is 112 Å². The van der Waals surface area contributed by atoms with Crippen LogP contribution in [0.4, 0.5) is 0 Å². The maximum absolute atomic E-state index is 10.9. The molecule has 0 spiro atoms. The van der Waals surface area contributed by atoms with Crippen LogP contribution in [0.15, 0.2) is 10.6 Å². The van der Waals surface area contributed by atoms with E-state index >= 15 is 0 Å². The largest absolute Gasteiger partial charge is 0.481 e. The van der Waals surface area contributed by atoms with Crippen molar-refractivity contribution >= 4 is 5.97 Å². The lowest BCUT2D eigenvalue weighted by molar-refractivity contribution is -0.142. The zero-order valence-corrected chi connectivity index (χ0v) is 11.1. The number of carbonyl (C=O) groups is 1. The number of nitrogens with one attached hydrogen (secondary N) is 1. The third-order valence-corrected chi connectivity index (χ3v) is 3.54. The second-order valence-corrected chi connectivity index (χ2v) is 4.99. The van der Waals surface area contributed by atoms with E-state index in [-0.39, 0.29) is 5.92 Å². The van der Waals surface area contributed by atoms with Crippen LogP contribution in [0.5, 0.6) is 0 Å². The smallest absolute Gasteiger partial charge is 0.306 e. The van der Waals surface area contributed by atoms with Gasteiger partial charge in [-0.05, 0) is 25.7 Å². The van der Waals surface area contributed by atoms with E-state index in [4.69, 9.17) is 14.4 Å². The maximum atomic E-state index is 10.9. The molecular formula is C13H20N2O4. The molecule has 1 aromatic heterocycles. The standard InChI is InChI=1S/C13H20N2O4/c1-18-8-12-6-11(15-19-12)7-14-10-4-2-9(3-5-10)13(16)17/h6,9-10,14H,2-5,7-8H2,1H3,(H,16,17). The maximum Gasteiger partial charge on any atom is 0.306 e. The van der Waals surface area contributed by atoms with Crippen LogP contribution >= 0.6 is 0 Å². The number of carboxylic acids is 1. The van der Waals surface area contributed by atoms with Crippen LogP contribution in [-0.2, 0) is 22.7 Å². The van der Waals surface area contributed by atoms with Crippen molar-refractivity contribution < 1.29 is 19.2 Å². The number of methoxy groups -OCH3 is 1. The molecule has 2 N–H and O–H groups in total. The van der Waals surface area contributed by atoms with Crippen LogP contribution < -0.4 is 5.32 Å². The highest BCUT2D eigenvalue weighted by Crippen LogP contribution is 2.24. The zero-order valence-electron chi connectivity index (χ0n) is 11.1. The molecule has 0 amide bonds. The Bertz CT molecular complexity index is 411. The van der Waals surface area contributed by atoms with Gasteiger partial charge < -0.3 is 19.7 Å². The summed E-state index contributed by atoms with van der Waals surface area (Å²) in [5, 5.41) is 16.3. The molecule has 1 aromatic rings. The molecule has 0 atom stereocenters. The Morgan fingerprint density at radius 1 is 1.53 bits per heavy atom. The molecule has 0 bridgehead atoms. The van der Waals surface area contributed by atoms with Crippen molar-refractivity contribution in [3.63, 3.8) is 0 Å². The highest BCUT2D eigenvalue weighted by atomic mass is 16.5. The van der Waals surface area contributed by atoms with Crippen LogP contribution in [0.2, 0.25) is 0 Å². The quantitative estimate of drug-likeness (QED) is 0.814. The molecule has 0 saturated heterocycles. The van der Waals surface area contributed by atoms with Crippen LogP contribution in [0.3, 0.4) is 0 Å². The van der Waals surface area contributed by atoms with Gasteiger partial charge in [-0.1, -0.05) is 5.16 Å². The molecule has 0 aromatic carbocycles. The van der Waals surface area contributed by atoms with E-state index < -0.39 is 5.97 Å². The van der Waals surface area contributed by atoms with Gasteiger partial charge in [0.15, 0.2) is 5.76 Å². The van der Waals surface area contributed by atoms with E-state index in [1.54, 1.807) is 7.11 Å². The summed E-state index contributed by atoms with van der Waals surface area (Å²) < 4.78 is 10.1. The molecule has 106 valence electrons. The van der Waals surface area contributed by atoms with Crippen molar-refractivity contribution in [1.29, 1.82) is 0 Å². The SMILES string of the molecule is COCc1cc(CNC2CCC(C(=O)O)CC2)no1. The fourth-order valence-electron chi connectivity index (χ4n) is 2.44. The summed E-state index contributed by atoms with van der Waals surface area (Å²) >= 11 is 0. The summed E-state index contributed by atoms with van der Waals surface area (Å²) in [6.07, 6.45) is 3.31. The van der Waals surface area contributed by atoms with Gasteiger partial charge in [0.25, 0.3) is 0 Å². The molecule has 6 nitrogen and oxygen atoms in total. The summed E-state index contributed by atoms with van der Waals surface area (Å²) in [4.78, 5) is 10.9. The van der Waals surface area contributed by atoms with Crippen LogP contribution in [0.1, 0.15) is 37.1 Å². The highest BCUT2D eigenvalue weighted by Gasteiger charge is 2.25. The van der Waals surface area contributed by atoms with E-state index in [1.165, 1.54) is 0 Å². The Hall–Kier alpha value is -1.40. The first-order valence-electron chi connectivity index (χ1n) is 6.58. The minimum absolute atomic E-state index is 0.168. The number of carboxylic acid groups (broad SMARTS) is 1. The van der Waals surface area contributed by atoms with Gasteiger partial charge in [0.2, 0.25) is 0 Å². The Kier molecular flexibility index (Phi) is 4.93. The summed E-state index contributed by atoms with van der Waals surface area (Å²) in [7, 11) is 1.61. The molecule has 1 aliphatic rings. The Balaban J connectivity index is 1.72. The lowest BCUT2D eigenvalue weighted by Crippen LogP contribution is -2.34. The van der Waals surface area contributed by atoms with E-state index in [0.29, 0.717) is 25.0 Å². The lowest BCUT2D eigenvalue weighted by Gasteiger charge is -2.26. The normalized spacial score (nSPS) is 23.4. The average molecular weight is 268 g/mol. The van der Waals surface area contributed by atoms with E-state index in [9.17, 15) is 4.79 Å². The van der Waals surface area contributed by atoms with Crippen molar-refractivity contribution in [3.8, 4) is 0 Å². The number of hydrogen-bond acceptors (Lipinski definition) is 5. The molecule has 1 saturated carbocycles. The number of hydrogen-bond donors (Lipinski definition) is 2. The van der Waals surface area contributed by atoms with Gasteiger partial charge in [-0.15, -0.1) is 0 Å². The van der Waals surface area contributed by atoms with Crippen LogP contribution in [0.25, 0.3) is 0 Å². The van der Waals surface area contributed by atoms with Gasteiger partial charge in [-0.3, -0.25) is 4.79 Å². The van der Waals surface area contributed by atoms with Gasteiger partial charge in [-0.25, -0.2) is 0 Å². The minimum Gasteiger partial charge on any atom is -0.481 e. The predicted molar refractivity (Wildman–Crippen MR) is 67.4 cm³/mol. The van der Waals surface area contributed by atoms with Gasteiger partial charge in [-0.2, -0.15) is 0 Å². The number of rotatable bonds is 6. The zero-order chi connectivity index (χ0) is 13.7. The Morgan fingerprint density at radius 3 is 2.89 bits per heavy atom. The molecular weight excluding hydrogens is 248 g/mol. The second kappa shape index (κ2) is 6.68. The van der Waals surface area contributed by atoms with Crippen molar-refractivity contribution in [2.45, 2.75) is 44.9 Å². The predicted octanol–water partition coefficient (Wildman–Crippen LogP) is 1.55. The summed E-state index contributed by atoms with van der Waals surface area (Å²) in [5.41, 5.74) is 0.854. The molecule has 19 heavy (non-hydrogen) atoms. The third-order valence-electron chi connectivity index (χ3n) is 3.54. The number of aliphatic carboxylic acids is 1. The first-order valence-corrected chi connectivity index (χ1v) is 6.58. The summed E-state index contributed by atoms with van der Waals surface area (Å²) in [6, 6.07) is 2.25. The number of ether oxygens (including phenoxy) is 1. The van der Waals surface area contributed by atoms with Crippen molar-refractivity contribution in [2.75, 3.05) is 7.11 Å². The van der Waals surface area contributed by atoms with Gasteiger partial charge in [0.1, 0.15) is 6.61 Å². The van der Waals surface area contributed by atoms with Crippen LogP contribution in [0, 0.1) is 5.92 Å². The average Bonchev–Trinajstić information content (AvgIpc) is 2.85. The topological polar surface area (TPSA) is 84.6 Å². The highest BCUT2D eigenvalue weighted by molar-refractivity contribution is 5.70. The molecule has 6 heteroatoms. The summed E-state index contributed by atoms with van der Waals surface area (Å²) in [5.74, 6) is -0.119. The molecule has 1 aliphatic carbocycles. The van der Waals surface area contributed by atoms with Crippen molar-refractivity contribution in [3.05, 3.63) is 17.5 Å². The molecule has 1 heterocycles. The minimum atomic E-state index is -0.667. The van der Waals surface area contributed by atoms with Gasteiger partial charge in [0.05, 0.1) is 11.6 Å². The third kappa shape index (κ3) is 4.04. The Morgan fingerprint density at radius 2 is 2.26 bits per heavy atom. The molecule has 0 radical (unpaired) electrons. The fraction of sp³-hybridized carbons (Fsp3) is 0.692. The molecule has 2 rings (SSSR count). The number of nitrogens with zero attached hydrogens (tertiary/aromatic N) is 1. The number of aromatic nitrogens is 1. The lowest BCUT2D eigenvalue weighted by atomic mass is 9.86. The van der Waals surface area contributed by atoms with Gasteiger partial charge >= 0.3 is 5.97 Å². The van der Waals surface area contributed by atoms with Crippen LogP contribution in [-0.4, -0.2) is 29.4 Å². The first-order chi connectivity index (χ1) is 9.19. The van der Waals surface area contributed by atoms with E-state index in [1.807, 2.05) is 6.07 Å². The van der Waals surface area contributed by atoms with E-state index in [2.05, 4.69) is 10.5 Å².